The molecule has 0 heterocycles. The Kier molecular flexibility index (Phi) is 8.52. The Balaban J connectivity index is 1.98. The largest absolute Gasteiger partial charge is 0.489 e. The molecule has 0 N–H and O–H groups in total. The van der Waals surface area contributed by atoms with Crippen molar-refractivity contribution in [3.63, 3.8) is 0 Å². The third-order valence-corrected chi connectivity index (χ3v) is 4.52. The summed E-state index contributed by atoms with van der Waals surface area (Å²) in [6.45, 7) is 2.37. The van der Waals surface area contributed by atoms with Crippen molar-refractivity contribution in [3.8, 4) is 5.75 Å². The van der Waals surface area contributed by atoms with Crippen LogP contribution in [-0.4, -0.2) is 25.5 Å². The van der Waals surface area contributed by atoms with Crippen LogP contribution >= 0.6 is 34.8 Å². The first-order valence-corrected chi connectivity index (χ1v) is 9.16. The summed E-state index contributed by atoms with van der Waals surface area (Å²) in [4.78, 5) is 4.77. The summed E-state index contributed by atoms with van der Waals surface area (Å²) in [5.41, 5.74) is 1.07. The Bertz CT molecular complexity index is 725. The highest BCUT2D eigenvalue weighted by Crippen LogP contribution is 2.34. The number of rotatable bonds is 9. The van der Waals surface area contributed by atoms with Crippen LogP contribution in [0.3, 0.4) is 0 Å². The summed E-state index contributed by atoms with van der Waals surface area (Å²) in [6.07, 6.45) is 1.68. The molecule has 0 aliphatic heterocycles. The summed E-state index contributed by atoms with van der Waals surface area (Å²) in [7, 11) is 1.49. The maximum absolute atomic E-state index is 6.16. The normalized spacial score (nSPS) is 13.6. The first kappa shape index (κ1) is 20.8. The lowest BCUT2D eigenvalue weighted by Gasteiger charge is -2.20. The molecule has 0 fully saturated rings. The van der Waals surface area contributed by atoms with E-state index in [4.69, 9.17) is 49.1 Å². The highest BCUT2D eigenvalue weighted by molar-refractivity contribution is 6.43. The van der Waals surface area contributed by atoms with Gasteiger partial charge in [-0.2, -0.15) is 0 Å². The Hall–Kier alpha value is -1.46. The van der Waals surface area contributed by atoms with Crippen molar-refractivity contribution in [1.82, 2.24) is 0 Å². The molecule has 0 aliphatic carbocycles. The fourth-order valence-electron chi connectivity index (χ4n) is 2.26. The Morgan fingerprint density at radius 2 is 1.73 bits per heavy atom. The van der Waals surface area contributed by atoms with Gasteiger partial charge in [0.25, 0.3) is 0 Å². The molecule has 2 aromatic rings. The van der Waals surface area contributed by atoms with Gasteiger partial charge in [-0.25, -0.2) is 0 Å². The molecular formula is C19H20Cl3NO3. The van der Waals surface area contributed by atoms with Crippen LogP contribution in [0.25, 0.3) is 0 Å². The van der Waals surface area contributed by atoms with E-state index >= 15 is 0 Å². The average Bonchev–Trinajstić information content (AvgIpc) is 2.62. The molecule has 0 aliphatic rings. The standard InChI is InChI=1S/C19H20Cl3NO3/c1-13(26-19-10-17(21)16(20)9-18(19)22)8-15(11-23-24-2)25-12-14-6-4-3-5-7-14/h3-7,9-11,13,15H,8,12H2,1-2H3. The van der Waals surface area contributed by atoms with Gasteiger partial charge in [-0.15, -0.1) is 0 Å². The summed E-state index contributed by atoms with van der Waals surface area (Å²) >= 11 is 18.1. The van der Waals surface area contributed by atoms with Gasteiger partial charge in [-0.3, -0.25) is 0 Å². The van der Waals surface area contributed by atoms with E-state index in [-0.39, 0.29) is 12.2 Å². The van der Waals surface area contributed by atoms with E-state index in [0.29, 0.717) is 33.8 Å². The Labute approximate surface area is 168 Å². The van der Waals surface area contributed by atoms with Gasteiger partial charge in [-0.1, -0.05) is 70.3 Å². The third-order valence-electron chi connectivity index (χ3n) is 3.51. The number of hydrogen-bond donors (Lipinski definition) is 0. The summed E-state index contributed by atoms with van der Waals surface area (Å²) in [6, 6.07) is 13.1. The average molecular weight is 417 g/mol. The van der Waals surface area contributed by atoms with E-state index < -0.39 is 0 Å². The maximum Gasteiger partial charge on any atom is 0.139 e. The molecule has 0 radical (unpaired) electrons. The molecule has 2 aromatic carbocycles. The summed E-state index contributed by atoms with van der Waals surface area (Å²) in [5.74, 6) is 0.471. The van der Waals surface area contributed by atoms with E-state index in [1.165, 1.54) is 7.11 Å². The minimum atomic E-state index is -0.285. The van der Waals surface area contributed by atoms with Crippen LogP contribution in [0.15, 0.2) is 47.6 Å². The first-order chi connectivity index (χ1) is 12.5. The summed E-state index contributed by atoms with van der Waals surface area (Å²) in [5, 5.41) is 4.99. The second-order valence-electron chi connectivity index (χ2n) is 5.63. The lowest BCUT2D eigenvalue weighted by molar-refractivity contribution is 0.0529. The number of halogens is 3. The van der Waals surface area contributed by atoms with Crippen molar-refractivity contribution in [2.24, 2.45) is 5.16 Å². The van der Waals surface area contributed by atoms with Crippen molar-refractivity contribution in [2.75, 3.05) is 7.11 Å². The molecule has 2 rings (SSSR count). The Morgan fingerprint density at radius 1 is 1.04 bits per heavy atom. The molecule has 0 bridgehead atoms. The van der Waals surface area contributed by atoms with Gasteiger partial charge in [0.2, 0.25) is 0 Å². The number of hydrogen-bond acceptors (Lipinski definition) is 4. The van der Waals surface area contributed by atoms with Crippen LogP contribution in [0.4, 0.5) is 0 Å². The third kappa shape index (κ3) is 6.69. The monoisotopic (exact) mass is 415 g/mol. The Morgan fingerprint density at radius 3 is 2.42 bits per heavy atom. The van der Waals surface area contributed by atoms with Gasteiger partial charge in [0.05, 0.1) is 40.1 Å². The molecule has 0 spiro atoms. The number of benzene rings is 2. The van der Waals surface area contributed by atoms with Gasteiger partial charge < -0.3 is 14.3 Å². The zero-order chi connectivity index (χ0) is 18.9. The van der Waals surface area contributed by atoms with Gasteiger partial charge in [0, 0.05) is 12.5 Å². The predicted molar refractivity (Wildman–Crippen MR) is 107 cm³/mol. The van der Waals surface area contributed by atoms with Gasteiger partial charge in [-0.05, 0) is 18.6 Å². The fraction of sp³-hybridized carbons (Fsp3) is 0.316. The van der Waals surface area contributed by atoms with Crippen LogP contribution in [-0.2, 0) is 16.2 Å². The van der Waals surface area contributed by atoms with Gasteiger partial charge >= 0.3 is 0 Å². The molecule has 0 amide bonds. The number of oxime groups is 1. The minimum Gasteiger partial charge on any atom is -0.489 e. The molecule has 0 aromatic heterocycles. The maximum atomic E-state index is 6.16. The first-order valence-electron chi connectivity index (χ1n) is 8.03. The molecule has 2 atom stereocenters. The molecule has 0 saturated carbocycles. The molecule has 140 valence electrons. The molecule has 0 saturated heterocycles. The summed E-state index contributed by atoms with van der Waals surface area (Å²) < 4.78 is 11.8. The van der Waals surface area contributed by atoms with Crippen molar-refractivity contribution >= 4 is 41.0 Å². The van der Waals surface area contributed by atoms with Crippen LogP contribution in [0.1, 0.15) is 18.9 Å². The van der Waals surface area contributed by atoms with Gasteiger partial charge in [0.15, 0.2) is 0 Å². The van der Waals surface area contributed by atoms with Crippen LogP contribution in [0.2, 0.25) is 15.1 Å². The SMILES string of the molecule is CON=CC(CC(C)Oc1cc(Cl)c(Cl)cc1Cl)OCc1ccccc1. The lowest BCUT2D eigenvalue weighted by Crippen LogP contribution is -2.24. The van der Waals surface area contributed by atoms with Crippen molar-refractivity contribution in [2.45, 2.75) is 32.2 Å². The molecule has 26 heavy (non-hydrogen) atoms. The zero-order valence-electron chi connectivity index (χ0n) is 14.5. The highest BCUT2D eigenvalue weighted by atomic mass is 35.5. The predicted octanol–water partition coefficient (Wildman–Crippen LogP) is 6.02. The molecule has 2 unspecified atom stereocenters. The lowest BCUT2D eigenvalue weighted by atomic mass is 10.2. The molecular weight excluding hydrogens is 397 g/mol. The fourth-order valence-corrected chi connectivity index (χ4v) is 2.85. The van der Waals surface area contributed by atoms with Crippen molar-refractivity contribution in [3.05, 3.63) is 63.1 Å². The second-order valence-corrected chi connectivity index (χ2v) is 6.85. The number of nitrogens with zero attached hydrogens (tertiary/aromatic N) is 1. The van der Waals surface area contributed by atoms with Crippen LogP contribution in [0, 0.1) is 0 Å². The van der Waals surface area contributed by atoms with Crippen molar-refractivity contribution < 1.29 is 14.3 Å². The smallest absolute Gasteiger partial charge is 0.139 e. The molecule has 4 nitrogen and oxygen atoms in total. The van der Waals surface area contributed by atoms with E-state index in [1.54, 1.807) is 18.3 Å². The van der Waals surface area contributed by atoms with Crippen LogP contribution in [0.5, 0.6) is 5.75 Å². The van der Waals surface area contributed by atoms with E-state index in [2.05, 4.69) is 5.16 Å². The minimum absolute atomic E-state index is 0.200. The second kappa shape index (κ2) is 10.6. The molecule has 7 heteroatoms. The van der Waals surface area contributed by atoms with Crippen LogP contribution < -0.4 is 4.74 Å². The van der Waals surface area contributed by atoms with E-state index in [1.807, 2.05) is 37.3 Å². The van der Waals surface area contributed by atoms with E-state index in [0.717, 1.165) is 5.56 Å². The number of ether oxygens (including phenoxy) is 2. The van der Waals surface area contributed by atoms with E-state index in [9.17, 15) is 0 Å². The topological polar surface area (TPSA) is 40.0 Å². The van der Waals surface area contributed by atoms with Gasteiger partial charge in [0.1, 0.15) is 12.9 Å². The zero-order valence-corrected chi connectivity index (χ0v) is 16.8. The highest BCUT2D eigenvalue weighted by Gasteiger charge is 2.16. The van der Waals surface area contributed by atoms with Crippen molar-refractivity contribution in [1.29, 1.82) is 0 Å². The quantitative estimate of drug-likeness (QED) is 0.285.